The molecule has 112 valence electrons. The Hall–Kier alpha value is -2.51. The van der Waals surface area contributed by atoms with E-state index in [9.17, 15) is 8.78 Å². The Morgan fingerprint density at radius 2 is 1.76 bits per heavy atom. The molecule has 0 bridgehead atoms. The Labute approximate surface area is 121 Å². The number of hydrogen-bond donors (Lipinski definition) is 2. The van der Waals surface area contributed by atoms with Crippen LogP contribution in [-0.4, -0.2) is 35.6 Å². The van der Waals surface area contributed by atoms with Gasteiger partial charge in [0.2, 0.25) is 17.8 Å². The van der Waals surface area contributed by atoms with E-state index in [1.807, 2.05) is 6.92 Å². The molecule has 0 radical (unpaired) electrons. The molecule has 8 heteroatoms. The lowest BCUT2D eigenvalue weighted by atomic mass is 10.3. The second kappa shape index (κ2) is 6.29. The molecule has 6 nitrogen and oxygen atoms in total. The van der Waals surface area contributed by atoms with Gasteiger partial charge in [-0.15, -0.1) is 0 Å². The van der Waals surface area contributed by atoms with Gasteiger partial charge >= 0.3 is 0 Å². The van der Waals surface area contributed by atoms with E-state index in [1.165, 1.54) is 6.07 Å². The number of halogens is 2. The second-order valence-corrected chi connectivity index (χ2v) is 4.46. The molecule has 0 amide bonds. The topological polar surface area (TPSA) is 66.0 Å². The molecule has 0 aliphatic carbocycles. The highest BCUT2D eigenvalue weighted by molar-refractivity contribution is 5.55. The maximum Gasteiger partial charge on any atom is 0.233 e. The van der Waals surface area contributed by atoms with Crippen molar-refractivity contribution < 1.29 is 8.78 Å². The van der Waals surface area contributed by atoms with E-state index in [4.69, 9.17) is 0 Å². The summed E-state index contributed by atoms with van der Waals surface area (Å²) in [6.45, 7) is 2.57. The fraction of sp³-hybridized carbons (Fsp3) is 0.308. The first-order valence-electron chi connectivity index (χ1n) is 6.39. The SMILES string of the molecule is CCNc1nc(Nc2ccc(F)c(F)c2)nc(N(C)C)n1. The molecule has 1 heterocycles. The van der Waals surface area contributed by atoms with Gasteiger partial charge in [-0.2, -0.15) is 15.0 Å². The number of anilines is 4. The fourth-order valence-electron chi connectivity index (χ4n) is 1.56. The van der Waals surface area contributed by atoms with Gasteiger partial charge in [0.25, 0.3) is 0 Å². The molecule has 0 aliphatic heterocycles. The first kappa shape index (κ1) is 14.9. The van der Waals surface area contributed by atoms with E-state index in [1.54, 1.807) is 19.0 Å². The summed E-state index contributed by atoms with van der Waals surface area (Å²) in [5, 5.41) is 5.82. The Bertz CT molecular complexity index is 632. The van der Waals surface area contributed by atoms with Gasteiger partial charge in [-0.05, 0) is 19.1 Å². The molecule has 1 aromatic heterocycles. The fourth-order valence-corrected chi connectivity index (χ4v) is 1.56. The summed E-state index contributed by atoms with van der Waals surface area (Å²) in [6, 6.07) is 3.49. The normalized spacial score (nSPS) is 10.3. The van der Waals surface area contributed by atoms with Crippen molar-refractivity contribution in [3.8, 4) is 0 Å². The summed E-state index contributed by atoms with van der Waals surface area (Å²) in [6.07, 6.45) is 0. The molecule has 0 aliphatic rings. The maximum absolute atomic E-state index is 13.2. The Kier molecular flexibility index (Phi) is 4.46. The summed E-state index contributed by atoms with van der Waals surface area (Å²) in [5.41, 5.74) is 0.354. The molecule has 0 saturated heterocycles. The molecule has 0 atom stereocenters. The third kappa shape index (κ3) is 3.74. The van der Waals surface area contributed by atoms with Crippen molar-refractivity contribution in [2.45, 2.75) is 6.92 Å². The number of hydrogen-bond acceptors (Lipinski definition) is 6. The van der Waals surface area contributed by atoms with Gasteiger partial charge in [-0.25, -0.2) is 8.78 Å². The first-order chi connectivity index (χ1) is 9.99. The van der Waals surface area contributed by atoms with Crippen LogP contribution in [0.5, 0.6) is 0 Å². The molecule has 0 saturated carbocycles. The van der Waals surface area contributed by atoms with Crippen LogP contribution in [0.25, 0.3) is 0 Å². The molecule has 0 unspecified atom stereocenters. The van der Waals surface area contributed by atoms with E-state index >= 15 is 0 Å². The van der Waals surface area contributed by atoms with E-state index in [-0.39, 0.29) is 5.95 Å². The van der Waals surface area contributed by atoms with Crippen molar-refractivity contribution in [1.82, 2.24) is 15.0 Å². The number of aromatic nitrogens is 3. The van der Waals surface area contributed by atoms with E-state index < -0.39 is 11.6 Å². The highest BCUT2D eigenvalue weighted by Gasteiger charge is 2.09. The summed E-state index contributed by atoms with van der Waals surface area (Å²) >= 11 is 0. The van der Waals surface area contributed by atoms with E-state index in [0.29, 0.717) is 24.1 Å². The van der Waals surface area contributed by atoms with Gasteiger partial charge in [0.05, 0.1) is 0 Å². The highest BCUT2D eigenvalue weighted by Crippen LogP contribution is 2.18. The number of nitrogens with zero attached hydrogens (tertiary/aromatic N) is 4. The van der Waals surface area contributed by atoms with E-state index in [2.05, 4.69) is 25.6 Å². The lowest BCUT2D eigenvalue weighted by Gasteiger charge is -2.13. The van der Waals surface area contributed by atoms with Crippen molar-refractivity contribution in [2.24, 2.45) is 0 Å². The van der Waals surface area contributed by atoms with Crippen LogP contribution in [0.1, 0.15) is 6.92 Å². The molecule has 2 rings (SSSR count). The van der Waals surface area contributed by atoms with Crippen molar-refractivity contribution in [3.63, 3.8) is 0 Å². The van der Waals surface area contributed by atoms with Crippen LogP contribution in [0, 0.1) is 11.6 Å². The summed E-state index contributed by atoms with van der Waals surface area (Å²) in [7, 11) is 3.60. The van der Waals surface area contributed by atoms with Crippen LogP contribution in [0.2, 0.25) is 0 Å². The van der Waals surface area contributed by atoms with Crippen molar-refractivity contribution >= 4 is 23.5 Å². The average molecular weight is 294 g/mol. The largest absolute Gasteiger partial charge is 0.354 e. The molecular weight excluding hydrogens is 278 g/mol. The molecule has 2 N–H and O–H groups in total. The Morgan fingerprint density at radius 1 is 1.05 bits per heavy atom. The Balaban J connectivity index is 2.31. The van der Waals surface area contributed by atoms with Crippen LogP contribution >= 0.6 is 0 Å². The van der Waals surface area contributed by atoms with Crippen molar-refractivity contribution in [3.05, 3.63) is 29.8 Å². The predicted molar refractivity (Wildman–Crippen MR) is 78.0 cm³/mol. The van der Waals surface area contributed by atoms with Gasteiger partial charge in [0.15, 0.2) is 11.6 Å². The van der Waals surface area contributed by atoms with Gasteiger partial charge < -0.3 is 15.5 Å². The minimum absolute atomic E-state index is 0.246. The number of rotatable bonds is 5. The smallest absolute Gasteiger partial charge is 0.233 e. The van der Waals surface area contributed by atoms with Gasteiger partial charge in [-0.3, -0.25) is 0 Å². The number of benzene rings is 1. The molecule has 21 heavy (non-hydrogen) atoms. The summed E-state index contributed by atoms with van der Waals surface area (Å²) in [5.74, 6) is -0.740. The lowest BCUT2D eigenvalue weighted by Crippen LogP contribution is -2.16. The van der Waals surface area contributed by atoms with Crippen LogP contribution in [0.3, 0.4) is 0 Å². The predicted octanol–water partition coefficient (Wildman–Crippen LogP) is 2.39. The number of nitrogens with one attached hydrogen (secondary N) is 2. The summed E-state index contributed by atoms with van der Waals surface area (Å²) in [4.78, 5) is 14.3. The third-order valence-electron chi connectivity index (χ3n) is 2.53. The lowest BCUT2D eigenvalue weighted by molar-refractivity contribution is 0.509. The van der Waals surface area contributed by atoms with Crippen molar-refractivity contribution in [2.75, 3.05) is 36.2 Å². The van der Waals surface area contributed by atoms with Crippen LogP contribution < -0.4 is 15.5 Å². The molecule has 1 aromatic carbocycles. The highest BCUT2D eigenvalue weighted by atomic mass is 19.2. The van der Waals surface area contributed by atoms with Crippen LogP contribution in [0.15, 0.2) is 18.2 Å². The zero-order chi connectivity index (χ0) is 15.4. The maximum atomic E-state index is 13.2. The molecule has 2 aromatic rings. The Morgan fingerprint density at radius 3 is 2.38 bits per heavy atom. The standard InChI is InChI=1S/C13H16F2N6/c1-4-16-11-18-12(20-13(19-11)21(2)3)17-8-5-6-9(14)10(15)7-8/h5-7H,4H2,1-3H3,(H2,16,17,18,19,20). The zero-order valence-electron chi connectivity index (χ0n) is 12.0. The quantitative estimate of drug-likeness (QED) is 0.882. The minimum atomic E-state index is -0.936. The summed E-state index contributed by atoms with van der Waals surface area (Å²) < 4.78 is 26.1. The zero-order valence-corrected chi connectivity index (χ0v) is 12.0. The minimum Gasteiger partial charge on any atom is -0.354 e. The van der Waals surface area contributed by atoms with Gasteiger partial charge in [0.1, 0.15) is 0 Å². The first-order valence-corrected chi connectivity index (χ1v) is 6.39. The van der Waals surface area contributed by atoms with Crippen molar-refractivity contribution in [1.29, 1.82) is 0 Å². The van der Waals surface area contributed by atoms with Gasteiger partial charge in [-0.1, -0.05) is 0 Å². The average Bonchev–Trinajstić information content (AvgIpc) is 2.43. The van der Waals surface area contributed by atoms with E-state index in [0.717, 1.165) is 12.1 Å². The van der Waals surface area contributed by atoms with Gasteiger partial charge in [0, 0.05) is 32.4 Å². The van der Waals surface area contributed by atoms with Crippen LogP contribution in [-0.2, 0) is 0 Å². The molecule has 0 fully saturated rings. The third-order valence-corrected chi connectivity index (χ3v) is 2.53. The molecular formula is C13H16F2N6. The van der Waals surface area contributed by atoms with Crippen LogP contribution in [0.4, 0.5) is 32.3 Å². The second-order valence-electron chi connectivity index (χ2n) is 4.46. The monoisotopic (exact) mass is 294 g/mol. The molecule has 0 spiro atoms.